The number of anilines is 1. The topological polar surface area (TPSA) is 89.0 Å². The SMILES string of the molecule is CC(=O)N1C[C@H]2CC[C@@H](C1)C2Nc1cc(C(=O)N2CC[C@H](N3CCc4ccccc4C3)[C@@H](O)C2)c(F)cn1. The van der Waals surface area contributed by atoms with Gasteiger partial charge < -0.3 is 20.2 Å². The number of hydrogen-bond donors (Lipinski definition) is 2. The smallest absolute Gasteiger partial charge is 0.257 e. The number of carbonyl (C=O) groups excluding carboxylic acids is 2. The van der Waals surface area contributed by atoms with Gasteiger partial charge in [0.2, 0.25) is 5.91 Å². The number of fused-ring (bicyclic) bond motifs is 3. The molecule has 2 saturated heterocycles. The molecule has 1 aromatic carbocycles. The third-order valence-electron chi connectivity index (χ3n) is 9.14. The van der Waals surface area contributed by atoms with Crippen molar-refractivity contribution in [3.63, 3.8) is 0 Å². The number of likely N-dealkylation sites (tertiary alicyclic amines) is 2. The zero-order valence-electron chi connectivity index (χ0n) is 21.9. The Hall–Kier alpha value is -3.04. The minimum Gasteiger partial charge on any atom is -0.390 e. The van der Waals surface area contributed by atoms with E-state index in [1.54, 1.807) is 11.8 Å². The van der Waals surface area contributed by atoms with E-state index in [1.165, 1.54) is 17.2 Å². The van der Waals surface area contributed by atoms with E-state index in [9.17, 15) is 19.1 Å². The second-order valence-corrected chi connectivity index (χ2v) is 11.4. The van der Waals surface area contributed by atoms with Gasteiger partial charge in [-0.25, -0.2) is 9.37 Å². The maximum atomic E-state index is 14.8. The average Bonchev–Trinajstić information content (AvgIpc) is 3.14. The van der Waals surface area contributed by atoms with Crippen molar-refractivity contribution in [2.24, 2.45) is 11.8 Å². The molecule has 1 aromatic heterocycles. The number of hydrogen-bond acceptors (Lipinski definition) is 6. The van der Waals surface area contributed by atoms with Crippen molar-refractivity contribution in [2.75, 3.05) is 38.0 Å². The fourth-order valence-electron chi connectivity index (χ4n) is 7.07. The highest BCUT2D eigenvalue weighted by Gasteiger charge is 2.43. The number of pyridine rings is 1. The van der Waals surface area contributed by atoms with Crippen LogP contribution >= 0.6 is 0 Å². The van der Waals surface area contributed by atoms with Crippen molar-refractivity contribution in [1.82, 2.24) is 19.7 Å². The van der Waals surface area contributed by atoms with E-state index >= 15 is 0 Å². The van der Waals surface area contributed by atoms with Crippen molar-refractivity contribution < 1.29 is 19.1 Å². The highest BCUT2D eigenvalue weighted by molar-refractivity contribution is 5.95. The van der Waals surface area contributed by atoms with Crippen molar-refractivity contribution in [2.45, 2.75) is 57.3 Å². The highest BCUT2D eigenvalue weighted by atomic mass is 19.1. The lowest BCUT2D eigenvalue weighted by atomic mass is 9.92. The van der Waals surface area contributed by atoms with Crippen LogP contribution in [0.25, 0.3) is 0 Å². The first-order valence-corrected chi connectivity index (χ1v) is 13.8. The number of halogens is 1. The molecule has 3 aliphatic heterocycles. The molecule has 2 amide bonds. The molecule has 1 aliphatic carbocycles. The summed E-state index contributed by atoms with van der Waals surface area (Å²) >= 11 is 0. The van der Waals surface area contributed by atoms with E-state index in [0.29, 0.717) is 43.7 Å². The Balaban J connectivity index is 1.10. The van der Waals surface area contributed by atoms with E-state index in [4.69, 9.17) is 0 Å². The minimum absolute atomic E-state index is 0.0198. The lowest BCUT2D eigenvalue weighted by Gasteiger charge is -2.43. The molecule has 9 heteroatoms. The van der Waals surface area contributed by atoms with Gasteiger partial charge in [0.05, 0.1) is 17.9 Å². The van der Waals surface area contributed by atoms with Crippen molar-refractivity contribution in [3.05, 3.63) is 59.0 Å². The summed E-state index contributed by atoms with van der Waals surface area (Å²) in [6, 6.07) is 10.1. The lowest BCUT2D eigenvalue weighted by Crippen LogP contribution is -2.56. The number of nitrogens with one attached hydrogen (secondary N) is 1. The third-order valence-corrected chi connectivity index (χ3v) is 9.14. The van der Waals surface area contributed by atoms with Crippen LogP contribution in [0.3, 0.4) is 0 Å². The second kappa shape index (κ2) is 10.3. The van der Waals surface area contributed by atoms with Gasteiger partial charge in [-0.2, -0.15) is 0 Å². The summed E-state index contributed by atoms with van der Waals surface area (Å²) in [4.78, 5) is 35.3. The van der Waals surface area contributed by atoms with Crippen LogP contribution in [0.2, 0.25) is 0 Å². The van der Waals surface area contributed by atoms with Crippen LogP contribution < -0.4 is 5.32 Å². The van der Waals surface area contributed by atoms with Crippen LogP contribution in [0.1, 0.15) is 47.7 Å². The Labute approximate surface area is 222 Å². The number of rotatable bonds is 4. The van der Waals surface area contributed by atoms with Gasteiger partial charge in [0.1, 0.15) is 5.82 Å². The number of nitrogens with zero attached hydrogens (tertiary/aromatic N) is 4. The summed E-state index contributed by atoms with van der Waals surface area (Å²) in [5, 5.41) is 14.5. The van der Waals surface area contributed by atoms with Crippen LogP contribution in [-0.2, 0) is 17.8 Å². The van der Waals surface area contributed by atoms with Crippen LogP contribution in [0, 0.1) is 17.7 Å². The molecule has 2 aromatic rings. The number of carbonyl (C=O) groups is 2. The zero-order chi connectivity index (χ0) is 26.4. The molecule has 202 valence electrons. The van der Waals surface area contributed by atoms with E-state index < -0.39 is 17.8 Å². The van der Waals surface area contributed by atoms with Gasteiger partial charge in [0.15, 0.2) is 5.82 Å². The minimum atomic E-state index is -0.692. The predicted octanol–water partition coefficient (Wildman–Crippen LogP) is 2.52. The number of aliphatic hydroxyl groups excluding tert-OH is 1. The Kier molecular flexibility index (Phi) is 6.82. The van der Waals surface area contributed by atoms with Crippen LogP contribution in [0.4, 0.5) is 10.2 Å². The number of piperidine rings is 2. The number of aliphatic hydroxyl groups is 1. The molecule has 4 aliphatic rings. The summed E-state index contributed by atoms with van der Waals surface area (Å²) in [6.07, 6.45) is 4.09. The van der Waals surface area contributed by atoms with Gasteiger partial charge in [-0.3, -0.25) is 14.5 Å². The van der Waals surface area contributed by atoms with E-state index in [0.717, 1.165) is 38.5 Å². The molecule has 38 heavy (non-hydrogen) atoms. The van der Waals surface area contributed by atoms with Gasteiger partial charge in [-0.1, -0.05) is 24.3 Å². The summed E-state index contributed by atoms with van der Waals surface area (Å²) in [5.74, 6) is 0.154. The largest absolute Gasteiger partial charge is 0.390 e. The van der Waals surface area contributed by atoms with Gasteiger partial charge in [0.25, 0.3) is 5.91 Å². The fraction of sp³-hybridized carbons (Fsp3) is 0.552. The number of aromatic nitrogens is 1. The average molecular weight is 522 g/mol. The fourth-order valence-corrected chi connectivity index (χ4v) is 7.07. The van der Waals surface area contributed by atoms with E-state index in [-0.39, 0.29) is 30.1 Å². The molecular weight excluding hydrogens is 485 g/mol. The molecule has 5 atom stereocenters. The Morgan fingerprint density at radius 2 is 1.76 bits per heavy atom. The highest BCUT2D eigenvalue weighted by Crippen LogP contribution is 2.38. The summed E-state index contributed by atoms with van der Waals surface area (Å²) in [7, 11) is 0. The van der Waals surface area contributed by atoms with Gasteiger partial charge in [0, 0.05) is 58.3 Å². The molecule has 8 nitrogen and oxygen atoms in total. The van der Waals surface area contributed by atoms with Crippen LogP contribution in [0.15, 0.2) is 36.5 Å². The number of β-amino-alcohol motifs (C(OH)–C–C–N with tert-alkyl or cyclic N) is 1. The lowest BCUT2D eigenvalue weighted by molar-refractivity contribution is -0.131. The van der Waals surface area contributed by atoms with E-state index in [2.05, 4.69) is 33.4 Å². The maximum absolute atomic E-state index is 14.8. The number of benzene rings is 1. The predicted molar refractivity (Wildman–Crippen MR) is 141 cm³/mol. The molecule has 3 fully saturated rings. The van der Waals surface area contributed by atoms with Crippen molar-refractivity contribution in [3.8, 4) is 0 Å². The Morgan fingerprint density at radius 3 is 2.47 bits per heavy atom. The molecule has 0 spiro atoms. The molecular formula is C29H36FN5O3. The van der Waals surface area contributed by atoms with Gasteiger partial charge in [-0.15, -0.1) is 0 Å². The Morgan fingerprint density at radius 1 is 1.03 bits per heavy atom. The summed E-state index contributed by atoms with van der Waals surface area (Å²) in [5.41, 5.74) is 2.64. The summed E-state index contributed by atoms with van der Waals surface area (Å²) in [6.45, 7) is 5.37. The van der Waals surface area contributed by atoms with Gasteiger partial charge >= 0.3 is 0 Å². The molecule has 6 rings (SSSR count). The second-order valence-electron chi connectivity index (χ2n) is 11.4. The maximum Gasteiger partial charge on any atom is 0.257 e. The standard InChI is InChI=1S/C29H36FN5O3/c1-18(36)35-15-21-6-7-22(16-35)28(21)32-27-12-23(24(30)13-31-27)29(38)34-11-9-25(26(37)17-34)33-10-8-19-4-2-3-5-20(19)14-33/h2-5,12-13,21-22,25-26,28,37H,6-11,14-17H2,1H3,(H,31,32)/t21-,22+,25-,26-,28?/m0/s1. The van der Waals surface area contributed by atoms with Crippen molar-refractivity contribution in [1.29, 1.82) is 0 Å². The monoisotopic (exact) mass is 521 g/mol. The first kappa shape index (κ1) is 25.2. The molecule has 2 N–H and O–H groups in total. The third kappa shape index (κ3) is 4.78. The van der Waals surface area contributed by atoms with Crippen molar-refractivity contribution >= 4 is 17.6 Å². The Bertz CT molecular complexity index is 1210. The van der Waals surface area contributed by atoms with E-state index in [1.807, 2.05) is 11.0 Å². The van der Waals surface area contributed by atoms with Crippen LogP contribution in [-0.4, -0.2) is 87.5 Å². The molecule has 4 heterocycles. The molecule has 1 unspecified atom stereocenters. The molecule has 2 bridgehead atoms. The normalized spacial score (nSPS) is 29.2. The van der Waals surface area contributed by atoms with Crippen LogP contribution in [0.5, 0.6) is 0 Å². The quantitative estimate of drug-likeness (QED) is 0.643. The first-order valence-electron chi connectivity index (χ1n) is 13.8. The molecule has 1 saturated carbocycles. The summed E-state index contributed by atoms with van der Waals surface area (Å²) < 4.78 is 14.8. The van der Waals surface area contributed by atoms with Gasteiger partial charge in [-0.05, 0) is 54.7 Å². The molecule has 0 radical (unpaired) electrons. The first-order chi connectivity index (χ1) is 18.4. The number of amides is 2. The zero-order valence-corrected chi connectivity index (χ0v) is 21.9.